The molecule has 1 aliphatic rings. The highest BCUT2D eigenvalue weighted by atomic mass is 35.5. The highest BCUT2D eigenvalue weighted by Gasteiger charge is 1.95. The molecule has 21 heavy (non-hydrogen) atoms. The van der Waals surface area contributed by atoms with Crippen molar-refractivity contribution in [3.8, 4) is 0 Å². The maximum absolute atomic E-state index is 9.45. The SMILES string of the molecule is C.C.C.C1COO1.C=C(Cl)CCl.O=C(Cl)CCl.O=C(Cl)Cl. The Kier molecular flexibility index (Phi) is 58.6. The molecule has 0 aromatic heterocycles. The van der Waals surface area contributed by atoms with Crippen LogP contribution in [0.2, 0.25) is 0 Å². The molecule has 0 aromatic carbocycles. The zero-order valence-electron chi connectivity index (χ0n) is 8.94. The minimum Gasteiger partial charge on any atom is -0.280 e. The van der Waals surface area contributed by atoms with Gasteiger partial charge in [0.05, 0.1) is 11.8 Å². The third-order valence-corrected chi connectivity index (χ3v) is 1.69. The molecule has 0 aliphatic carbocycles. The van der Waals surface area contributed by atoms with Crippen LogP contribution in [0, 0.1) is 0 Å². The summed E-state index contributed by atoms with van der Waals surface area (Å²) in [6, 6.07) is 0. The highest BCUT2D eigenvalue weighted by Crippen LogP contribution is 1.96. The Hall–Kier alpha value is 0.740. The minimum atomic E-state index is -0.889. The van der Waals surface area contributed by atoms with E-state index in [2.05, 4.69) is 39.6 Å². The third-order valence-electron chi connectivity index (χ3n) is 0.583. The van der Waals surface area contributed by atoms with Gasteiger partial charge in [0.1, 0.15) is 13.2 Å². The van der Waals surface area contributed by atoms with Crippen molar-refractivity contribution in [1.29, 1.82) is 0 Å². The molecule has 1 fully saturated rings. The van der Waals surface area contributed by atoms with Gasteiger partial charge in [-0.3, -0.25) is 9.59 Å². The molecule has 0 aromatic rings. The summed E-state index contributed by atoms with van der Waals surface area (Å²) in [5.74, 6) is 0.253. The van der Waals surface area contributed by atoms with Crippen LogP contribution in [0.25, 0.3) is 0 Å². The van der Waals surface area contributed by atoms with Gasteiger partial charge in [-0.1, -0.05) is 40.5 Å². The number of allylic oxidation sites excluding steroid dienone is 1. The van der Waals surface area contributed by atoms with Crippen molar-refractivity contribution in [3.63, 3.8) is 0 Å². The fourth-order valence-electron chi connectivity index (χ4n) is 0.0833. The van der Waals surface area contributed by atoms with Gasteiger partial charge in [-0.15, -0.1) is 23.2 Å². The van der Waals surface area contributed by atoms with Gasteiger partial charge in [0, 0.05) is 5.03 Å². The van der Waals surface area contributed by atoms with Gasteiger partial charge < -0.3 is 0 Å². The highest BCUT2D eigenvalue weighted by molar-refractivity contribution is 6.93. The summed E-state index contributed by atoms with van der Waals surface area (Å²) in [7, 11) is 0. The molecule has 0 atom stereocenters. The maximum Gasteiger partial charge on any atom is 0.313 e. The lowest BCUT2D eigenvalue weighted by Gasteiger charge is -2.08. The Morgan fingerprint density at radius 3 is 1.00 bits per heavy atom. The van der Waals surface area contributed by atoms with Crippen LogP contribution >= 0.6 is 69.6 Å². The summed E-state index contributed by atoms with van der Waals surface area (Å²) in [6.45, 7) is 4.86. The van der Waals surface area contributed by atoms with Crippen LogP contribution in [0.3, 0.4) is 0 Å². The van der Waals surface area contributed by atoms with E-state index >= 15 is 0 Å². The first-order valence-electron chi connectivity index (χ1n) is 4.00. The second-order valence-corrected chi connectivity index (χ2v) is 4.38. The average molecular weight is 431 g/mol. The molecule has 1 saturated heterocycles. The molecular formula is C11H22Cl6O4. The van der Waals surface area contributed by atoms with Crippen LogP contribution in [-0.4, -0.2) is 34.9 Å². The summed E-state index contributed by atoms with van der Waals surface area (Å²) in [4.78, 5) is 26.9. The molecule has 1 rings (SSSR count). The van der Waals surface area contributed by atoms with E-state index in [4.69, 9.17) is 51.2 Å². The van der Waals surface area contributed by atoms with E-state index in [1.165, 1.54) is 0 Å². The van der Waals surface area contributed by atoms with Gasteiger partial charge in [0.15, 0.2) is 0 Å². The van der Waals surface area contributed by atoms with E-state index in [1.54, 1.807) is 0 Å². The van der Waals surface area contributed by atoms with E-state index in [1.807, 2.05) is 0 Å². The number of hydrogen-bond acceptors (Lipinski definition) is 4. The molecule has 4 nitrogen and oxygen atoms in total. The zero-order valence-corrected chi connectivity index (χ0v) is 13.5. The lowest BCUT2D eigenvalue weighted by molar-refractivity contribution is -0.382. The van der Waals surface area contributed by atoms with E-state index in [9.17, 15) is 4.79 Å². The van der Waals surface area contributed by atoms with Gasteiger partial charge in [0.2, 0.25) is 5.24 Å². The predicted molar refractivity (Wildman–Crippen MR) is 96.5 cm³/mol. The summed E-state index contributed by atoms with van der Waals surface area (Å²) in [6.07, 6.45) is 0. The van der Waals surface area contributed by atoms with Crippen molar-refractivity contribution in [2.45, 2.75) is 22.3 Å². The summed E-state index contributed by atoms with van der Waals surface area (Å²) >= 11 is 28.6. The fraction of sp³-hybridized carbons (Fsp3) is 0.636. The van der Waals surface area contributed by atoms with Crippen LogP contribution in [0.15, 0.2) is 11.6 Å². The quantitative estimate of drug-likeness (QED) is 0.288. The Labute approximate surface area is 157 Å². The smallest absolute Gasteiger partial charge is 0.280 e. The monoisotopic (exact) mass is 428 g/mol. The average Bonchev–Trinajstić information content (AvgIpc) is 2.15. The number of carbonyl (C=O) groups is 2. The predicted octanol–water partition coefficient (Wildman–Crippen LogP) is 6.41. The van der Waals surface area contributed by atoms with Gasteiger partial charge in [0.25, 0.3) is 0 Å². The molecule has 10 heteroatoms. The number of rotatable bonds is 2. The van der Waals surface area contributed by atoms with Crippen LogP contribution < -0.4 is 0 Å². The second-order valence-electron chi connectivity index (χ2n) is 2.01. The van der Waals surface area contributed by atoms with E-state index in [0.29, 0.717) is 10.9 Å². The molecular weight excluding hydrogens is 409 g/mol. The van der Waals surface area contributed by atoms with Gasteiger partial charge in [-0.25, -0.2) is 9.78 Å². The molecule has 0 spiro atoms. The van der Waals surface area contributed by atoms with Crippen molar-refractivity contribution < 1.29 is 19.4 Å². The van der Waals surface area contributed by atoms with Crippen molar-refractivity contribution in [1.82, 2.24) is 0 Å². The first-order valence-corrected chi connectivity index (χ1v) is 6.58. The van der Waals surface area contributed by atoms with Crippen molar-refractivity contribution in [2.24, 2.45) is 0 Å². The molecule has 0 amide bonds. The molecule has 132 valence electrons. The molecule has 0 saturated carbocycles. The largest absolute Gasteiger partial charge is 0.313 e. The zero-order chi connectivity index (χ0) is 15.0. The minimum absolute atomic E-state index is 0. The first kappa shape index (κ1) is 37.7. The topological polar surface area (TPSA) is 52.6 Å². The lowest BCUT2D eigenvalue weighted by atomic mass is 10.8. The maximum atomic E-state index is 9.45. The Balaban J connectivity index is -0.0000000342. The van der Waals surface area contributed by atoms with E-state index in [0.717, 1.165) is 13.2 Å². The molecule has 0 bridgehead atoms. The fourth-order valence-corrected chi connectivity index (χ4v) is 0.0833. The summed E-state index contributed by atoms with van der Waals surface area (Å²) < 4.78 is -0.889. The standard InChI is InChI=1S/C3H4Cl2.C2H2Cl2O.C2H4O2.CCl2O.3CH4/c1-3(5)2-4;3-1-2(4)5;1-2-4-3-1;2-1(3)4;;;/h1-2H2;1H2;1-2H2;;3*1H4. The van der Waals surface area contributed by atoms with Crippen LogP contribution in [0.5, 0.6) is 0 Å². The molecule has 1 aliphatic heterocycles. The van der Waals surface area contributed by atoms with Gasteiger partial charge in [-0.05, 0) is 34.8 Å². The van der Waals surface area contributed by atoms with Crippen LogP contribution in [0.1, 0.15) is 22.3 Å². The Bertz CT molecular complexity index is 213. The second kappa shape index (κ2) is 32.6. The molecule has 0 unspecified atom stereocenters. The van der Waals surface area contributed by atoms with Crippen molar-refractivity contribution >= 4 is 79.5 Å². The summed E-state index contributed by atoms with van der Waals surface area (Å²) in [5, 5.41) is -0.0154. The van der Waals surface area contributed by atoms with Crippen molar-refractivity contribution in [3.05, 3.63) is 11.6 Å². The van der Waals surface area contributed by atoms with E-state index in [-0.39, 0.29) is 28.2 Å². The van der Waals surface area contributed by atoms with Crippen LogP contribution in [0.4, 0.5) is 4.79 Å². The van der Waals surface area contributed by atoms with Crippen LogP contribution in [-0.2, 0) is 14.6 Å². The van der Waals surface area contributed by atoms with Gasteiger partial charge in [-0.2, -0.15) is 0 Å². The van der Waals surface area contributed by atoms with E-state index < -0.39 is 9.94 Å². The first-order chi connectivity index (χ1) is 8.27. The number of halogens is 6. The Morgan fingerprint density at radius 2 is 1.00 bits per heavy atom. The Morgan fingerprint density at radius 1 is 0.857 bits per heavy atom. The van der Waals surface area contributed by atoms with Gasteiger partial charge >= 0.3 is 4.70 Å². The molecule has 0 N–H and O–H groups in total. The third kappa shape index (κ3) is 95.4. The molecule has 1 heterocycles. The normalized spacial score (nSPS) is 9.43. The number of alkyl halides is 2. The molecule has 0 radical (unpaired) electrons. The summed E-state index contributed by atoms with van der Waals surface area (Å²) in [5.41, 5.74) is 0. The number of hydrogen-bond donors (Lipinski definition) is 0. The lowest BCUT2D eigenvalue weighted by Crippen LogP contribution is -2.14. The number of carbonyl (C=O) groups excluding carboxylic acids is 2. The van der Waals surface area contributed by atoms with Crippen molar-refractivity contribution in [2.75, 3.05) is 25.0 Å².